The molecule has 138 valence electrons. The number of hydrogen-bond donors (Lipinski definition) is 1. The van der Waals surface area contributed by atoms with Gasteiger partial charge in [0.25, 0.3) is 0 Å². The largest absolute Gasteiger partial charge is 0.488 e. The number of aromatic amines is 1. The van der Waals surface area contributed by atoms with Crippen LogP contribution in [0.25, 0.3) is 11.3 Å². The Morgan fingerprint density at radius 1 is 0.929 bits per heavy atom. The minimum absolute atomic E-state index is 0.00720. The molecule has 5 heteroatoms. The Morgan fingerprint density at radius 2 is 1.79 bits per heavy atom. The molecule has 5 nitrogen and oxygen atoms in total. The molecule has 1 N–H and O–H groups in total. The van der Waals surface area contributed by atoms with E-state index in [9.17, 15) is 4.79 Å². The van der Waals surface area contributed by atoms with Crippen LogP contribution in [-0.2, 0) is 13.0 Å². The third kappa shape index (κ3) is 4.15. The maximum atomic E-state index is 12.9. The Bertz CT molecular complexity index is 1050. The van der Waals surface area contributed by atoms with Crippen LogP contribution in [0.2, 0.25) is 0 Å². The molecule has 0 aliphatic rings. The van der Waals surface area contributed by atoms with Gasteiger partial charge in [0.15, 0.2) is 5.78 Å². The number of pyridine rings is 1. The van der Waals surface area contributed by atoms with Gasteiger partial charge in [-0.05, 0) is 35.4 Å². The van der Waals surface area contributed by atoms with Gasteiger partial charge in [-0.1, -0.05) is 42.5 Å². The van der Waals surface area contributed by atoms with Crippen molar-refractivity contribution in [2.75, 3.05) is 0 Å². The zero-order valence-corrected chi connectivity index (χ0v) is 15.2. The lowest BCUT2D eigenvalue weighted by molar-refractivity contribution is 0.0988. The van der Waals surface area contributed by atoms with E-state index in [2.05, 4.69) is 15.2 Å². The molecule has 0 amide bonds. The molecule has 0 radical (unpaired) electrons. The van der Waals surface area contributed by atoms with Crippen LogP contribution in [0.1, 0.15) is 21.5 Å². The highest BCUT2D eigenvalue weighted by molar-refractivity contribution is 6.00. The fourth-order valence-electron chi connectivity index (χ4n) is 2.97. The van der Waals surface area contributed by atoms with Crippen LogP contribution < -0.4 is 4.74 Å². The predicted molar refractivity (Wildman–Crippen MR) is 107 cm³/mol. The molecule has 0 atom stereocenters. The number of ether oxygens (including phenoxy) is 1. The van der Waals surface area contributed by atoms with Crippen LogP contribution in [0.5, 0.6) is 5.75 Å². The summed E-state index contributed by atoms with van der Waals surface area (Å²) in [6, 6.07) is 21.1. The monoisotopic (exact) mass is 369 g/mol. The molecular formula is C23H19N3O2. The van der Waals surface area contributed by atoms with E-state index in [-0.39, 0.29) is 12.2 Å². The number of hydrogen-bond acceptors (Lipinski definition) is 4. The second-order valence-corrected chi connectivity index (χ2v) is 6.42. The summed E-state index contributed by atoms with van der Waals surface area (Å²) >= 11 is 0. The first kappa shape index (κ1) is 17.7. The summed E-state index contributed by atoms with van der Waals surface area (Å²) in [5.74, 6) is 0.553. The molecule has 0 spiro atoms. The summed E-state index contributed by atoms with van der Waals surface area (Å²) in [6.45, 7) is 0.389. The third-order valence-corrected chi connectivity index (χ3v) is 4.42. The smallest absolute Gasteiger partial charge is 0.171 e. The summed E-state index contributed by atoms with van der Waals surface area (Å²) < 4.78 is 6.05. The van der Waals surface area contributed by atoms with Crippen molar-refractivity contribution in [1.29, 1.82) is 0 Å². The average molecular weight is 369 g/mol. The van der Waals surface area contributed by atoms with E-state index in [4.69, 9.17) is 4.74 Å². The van der Waals surface area contributed by atoms with Crippen LogP contribution in [0.4, 0.5) is 0 Å². The van der Waals surface area contributed by atoms with Crippen molar-refractivity contribution in [3.8, 4) is 17.0 Å². The van der Waals surface area contributed by atoms with Gasteiger partial charge in [-0.25, -0.2) is 0 Å². The molecule has 0 unspecified atom stereocenters. The SMILES string of the molecule is O=C(Cc1cccnc1)c1ccc(-c2ccn[nH]2)cc1OCc1ccccc1. The van der Waals surface area contributed by atoms with Gasteiger partial charge in [0.2, 0.25) is 0 Å². The first-order chi connectivity index (χ1) is 13.8. The second kappa shape index (κ2) is 8.31. The number of Topliss-reactive ketones (excluding diaryl/α,β-unsaturated/α-hetero) is 1. The van der Waals surface area contributed by atoms with E-state index in [0.717, 1.165) is 22.4 Å². The van der Waals surface area contributed by atoms with E-state index in [0.29, 0.717) is 17.9 Å². The Kier molecular flexibility index (Phi) is 5.24. The van der Waals surface area contributed by atoms with Gasteiger partial charge >= 0.3 is 0 Å². The van der Waals surface area contributed by atoms with Gasteiger partial charge in [-0.3, -0.25) is 14.9 Å². The van der Waals surface area contributed by atoms with Crippen LogP contribution in [0.15, 0.2) is 85.3 Å². The van der Waals surface area contributed by atoms with Crippen molar-refractivity contribution in [2.24, 2.45) is 0 Å². The van der Waals surface area contributed by atoms with Crippen LogP contribution in [0.3, 0.4) is 0 Å². The molecule has 2 aromatic carbocycles. The van der Waals surface area contributed by atoms with Gasteiger partial charge < -0.3 is 4.74 Å². The van der Waals surface area contributed by atoms with Crippen molar-refractivity contribution in [3.63, 3.8) is 0 Å². The molecule has 0 bridgehead atoms. The Morgan fingerprint density at radius 3 is 2.54 bits per heavy atom. The van der Waals surface area contributed by atoms with E-state index in [1.165, 1.54) is 0 Å². The number of rotatable bonds is 7. The van der Waals surface area contributed by atoms with Gasteiger partial charge in [0.05, 0.1) is 11.3 Å². The molecule has 0 aliphatic heterocycles. The number of ketones is 1. The first-order valence-electron chi connectivity index (χ1n) is 9.02. The zero-order valence-electron chi connectivity index (χ0n) is 15.2. The number of nitrogens with one attached hydrogen (secondary N) is 1. The number of carbonyl (C=O) groups is 1. The lowest BCUT2D eigenvalue weighted by atomic mass is 10.0. The zero-order chi connectivity index (χ0) is 19.2. The Labute approximate surface area is 163 Å². The number of H-pyrrole nitrogens is 1. The van der Waals surface area contributed by atoms with E-state index >= 15 is 0 Å². The van der Waals surface area contributed by atoms with Gasteiger partial charge in [-0.15, -0.1) is 0 Å². The van der Waals surface area contributed by atoms with Crippen molar-refractivity contribution < 1.29 is 9.53 Å². The highest BCUT2D eigenvalue weighted by Gasteiger charge is 2.15. The molecule has 2 aromatic heterocycles. The Hall–Kier alpha value is -3.73. The summed E-state index contributed by atoms with van der Waals surface area (Å²) in [4.78, 5) is 17.0. The van der Waals surface area contributed by atoms with E-state index < -0.39 is 0 Å². The normalized spacial score (nSPS) is 10.6. The standard InChI is InChI=1S/C23H19N3O2/c27-22(13-18-7-4-11-24-15-18)20-9-8-19(21-10-12-25-26-21)14-23(20)28-16-17-5-2-1-3-6-17/h1-12,14-15H,13,16H2,(H,25,26). The number of nitrogens with zero attached hydrogens (tertiary/aromatic N) is 2. The molecule has 28 heavy (non-hydrogen) atoms. The van der Waals surface area contributed by atoms with Crippen LogP contribution in [0, 0.1) is 0 Å². The average Bonchev–Trinajstić information content (AvgIpc) is 3.28. The fourth-order valence-corrected chi connectivity index (χ4v) is 2.97. The van der Waals surface area contributed by atoms with Crippen LogP contribution >= 0.6 is 0 Å². The third-order valence-electron chi connectivity index (χ3n) is 4.42. The predicted octanol–water partition coefficient (Wildman–Crippen LogP) is 4.48. The van der Waals surface area contributed by atoms with Crippen LogP contribution in [-0.4, -0.2) is 21.0 Å². The maximum absolute atomic E-state index is 12.9. The Balaban J connectivity index is 1.63. The van der Waals surface area contributed by atoms with Crippen molar-refractivity contribution in [3.05, 3.63) is 102 Å². The molecular weight excluding hydrogens is 350 g/mol. The minimum atomic E-state index is -0.00720. The topological polar surface area (TPSA) is 67.9 Å². The van der Waals surface area contributed by atoms with Crippen molar-refractivity contribution in [2.45, 2.75) is 13.0 Å². The molecule has 4 aromatic rings. The van der Waals surface area contributed by atoms with Crippen molar-refractivity contribution >= 4 is 5.78 Å². The lowest BCUT2D eigenvalue weighted by Crippen LogP contribution is -2.07. The molecule has 4 rings (SSSR count). The highest BCUT2D eigenvalue weighted by atomic mass is 16.5. The highest BCUT2D eigenvalue weighted by Crippen LogP contribution is 2.28. The molecule has 0 saturated heterocycles. The minimum Gasteiger partial charge on any atom is -0.488 e. The quantitative estimate of drug-likeness (QED) is 0.488. The summed E-state index contributed by atoms with van der Waals surface area (Å²) in [5.41, 5.74) is 4.26. The lowest BCUT2D eigenvalue weighted by Gasteiger charge is -2.13. The summed E-state index contributed by atoms with van der Waals surface area (Å²) in [5, 5.41) is 6.94. The number of aromatic nitrogens is 3. The summed E-state index contributed by atoms with van der Waals surface area (Å²) in [7, 11) is 0. The first-order valence-corrected chi connectivity index (χ1v) is 9.02. The van der Waals surface area contributed by atoms with Gasteiger partial charge in [-0.2, -0.15) is 5.10 Å². The number of carbonyl (C=O) groups excluding carboxylic acids is 1. The molecule has 0 aliphatic carbocycles. The van der Waals surface area contributed by atoms with Gasteiger partial charge in [0, 0.05) is 30.6 Å². The molecule has 2 heterocycles. The molecule has 0 saturated carbocycles. The number of benzene rings is 2. The van der Waals surface area contributed by atoms with E-state index in [1.54, 1.807) is 18.6 Å². The fraction of sp³-hybridized carbons (Fsp3) is 0.0870. The second-order valence-electron chi connectivity index (χ2n) is 6.42. The molecule has 0 fully saturated rings. The van der Waals surface area contributed by atoms with Crippen molar-refractivity contribution in [1.82, 2.24) is 15.2 Å². The van der Waals surface area contributed by atoms with E-state index in [1.807, 2.05) is 66.7 Å². The van der Waals surface area contributed by atoms with Gasteiger partial charge in [0.1, 0.15) is 12.4 Å². The summed E-state index contributed by atoms with van der Waals surface area (Å²) in [6.07, 6.45) is 5.38. The maximum Gasteiger partial charge on any atom is 0.171 e.